The zero-order chi connectivity index (χ0) is 13.1. The fraction of sp³-hybridized carbons (Fsp3) is 0.167. The number of carbonyl (C=O) groups is 1. The molecule has 0 fully saturated rings. The molecule has 18 heavy (non-hydrogen) atoms. The molecule has 2 rings (SSSR count). The third-order valence-corrected chi connectivity index (χ3v) is 2.45. The van der Waals surface area contributed by atoms with Crippen LogP contribution in [0.15, 0.2) is 30.5 Å². The molecule has 0 atom stereocenters. The second-order valence-corrected chi connectivity index (χ2v) is 3.65. The van der Waals surface area contributed by atoms with E-state index in [1.807, 2.05) is 0 Å². The van der Waals surface area contributed by atoms with Crippen molar-refractivity contribution in [2.24, 2.45) is 0 Å². The molecule has 1 aromatic carbocycles. The maximum Gasteiger partial charge on any atom is 0.358 e. The first-order chi connectivity index (χ1) is 8.61. The van der Waals surface area contributed by atoms with Gasteiger partial charge in [-0.2, -0.15) is 5.10 Å². The lowest BCUT2D eigenvalue weighted by molar-refractivity contribution is 0.0680. The largest absolute Gasteiger partial charge is 0.493 e. The fourth-order valence-corrected chi connectivity index (χ4v) is 1.66. The number of carboxylic acid groups (broad SMARTS) is 1. The standard InChI is InChI=1S/C12H11FN2O3/c1-18-10-6-14-15(11(10)12(16)17)7-8-3-2-4-9(13)5-8/h2-6H,7H2,1H3,(H,16,17). The third kappa shape index (κ3) is 2.32. The summed E-state index contributed by atoms with van der Waals surface area (Å²) in [6.45, 7) is 0.169. The Morgan fingerprint density at radius 3 is 2.94 bits per heavy atom. The number of methoxy groups -OCH3 is 1. The zero-order valence-corrected chi connectivity index (χ0v) is 9.63. The number of aromatic nitrogens is 2. The third-order valence-electron chi connectivity index (χ3n) is 2.45. The van der Waals surface area contributed by atoms with E-state index >= 15 is 0 Å². The zero-order valence-electron chi connectivity index (χ0n) is 9.63. The number of aromatic carboxylic acids is 1. The smallest absolute Gasteiger partial charge is 0.358 e. The van der Waals surface area contributed by atoms with E-state index in [-0.39, 0.29) is 23.8 Å². The van der Waals surface area contributed by atoms with Gasteiger partial charge >= 0.3 is 5.97 Å². The molecule has 0 aliphatic rings. The van der Waals surface area contributed by atoms with Crippen LogP contribution in [0, 0.1) is 5.82 Å². The fourth-order valence-electron chi connectivity index (χ4n) is 1.66. The maximum absolute atomic E-state index is 13.0. The number of rotatable bonds is 4. The lowest BCUT2D eigenvalue weighted by Gasteiger charge is -2.05. The minimum absolute atomic E-state index is 0.0539. The molecule has 0 bridgehead atoms. The van der Waals surface area contributed by atoms with Crippen LogP contribution in [0.5, 0.6) is 5.75 Å². The Labute approximate surface area is 102 Å². The summed E-state index contributed by atoms with van der Waals surface area (Å²) in [7, 11) is 1.37. The highest BCUT2D eigenvalue weighted by molar-refractivity contribution is 5.88. The molecule has 0 aliphatic carbocycles. The van der Waals surface area contributed by atoms with Gasteiger partial charge in [-0.25, -0.2) is 9.18 Å². The van der Waals surface area contributed by atoms with E-state index in [9.17, 15) is 9.18 Å². The predicted molar refractivity (Wildman–Crippen MR) is 61.2 cm³/mol. The molecule has 0 amide bonds. The summed E-state index contributed by atoms with van der Waals surface area (Å²) in [5.74, 6) is -1.33. The van der Waals surface area contributed by atoms with E-state index in [0.29, 0.717) is 5.56 Å². The number of hydrogen-bond acceptors (Lipinski definition) is 3. The average Bonchev–Trinajstić information content (AvgIpc) is 2.72. The molecular formula is C12H11FN2O3. The number of hydrogen-bond donors (Lipinski definition) is 1. The molecule has 2 aromatic rings. The van der Waals surface area contributed by atoms with Crippen LogP contribution in [0.3, 0.4) is 0 Å². The van der Waals surface area contributed by atoms with Gasteiger partial charge in [0.05, 0.1) is 19.9 Å². The van der Waals surface area contributed by atoms with E-state index < -0.39 is 5.97 Å². The summed E-state index contributed by atoms with van der Waals surface area (Å²) >= 11 is 0. The molecule has 6 heteroatoms. The molecule has 1 N–H and O–H groups in total. The van der Waals surface area contributed by atoms with Gasteiger partial charge in [0.1, 0.15) is 5.82 Å². The monoisotopic (exact) mass is 250 g/mol. The van der Waals surface area contributed by atoms with Crippen LogP contribution in [-0.2, 0) is 6.54 Å². The Hall–Kier alpha value is -2.37. The van der Waals surface area contributed by atoms with Gasteiger partial charge in [-0.3, -0.25) is 4.68 Å². The molecule has 0 unspecified atom stereocenters. The van der Waals surface area contributed by atoms with Crippen molar-refractivity contribution >= 4 is 5.97 Å². The van der Waals surface area contributed by atoms with Gasteiger partial charge < -0.3 is 9.84 Å². The van der Waals surface area contributed by atoms with Gasteiger partial charge in [0.15, 0.2) is 11.4 Å². The van der Waals surface area contributed by atoms with E-state index in [2.05, 4.69) is 5.10 Å². The van der Waals surface area contributed by atoms with Crippen molar-refractivity contribution < 1.29 is 19.0 Å². The second-order valence-electron chi connectivity index (χ2n) is 3.65. The van der Waals surface area contributed by atoms with Crippen LogP contribution in [0.25, 0.3) is 0 Å². The van der Waals surface area contributed by atoms with Gasteiger partial charge in [0.2, 0.25) is 0 Å². The minimum Gasteiger partial charge on any atom is -0.493 e. The van der Waals surface area contributed by atoms with E-state index in [1.165, 1.54) is 30.1 Å². The van der Waals surface area contributed by atoms with Crippen molar-refractivity contribution in [2.45, 2.75) is 6.54 Å². The van der Waals surface area contributed by atoms with Crippen molar-refractivity contribution in [3.63, 3.8) is 0 Å². The van der Waals surface area contributed by atoms with Gasteiger partial charge in [0, 0.05) is 0 Å². The van der Waals surface area contributed by atoms with Crippen molar-refractivity contribution in [3.8, 4) is 5.75 Å². The molecule has 0 spiro atoms. The van der Waals surface area contributed by atoms with Gasteiger partial charge in [-0.1, -0.05) is 12.1 Å². The highest BCUT2D eigenvalue weighted by Crippen LogP contribution is 2.18. The van der Waals surface area contributed by atoms with Crippen LogP contribution in [0.2, 0.25) is 0 Å². The van der Waals surface area contributed by atoms with Gasteiger partial charge in [0.25, 0.3) is 0 Å². The lowest BCUT2D eigenvalue weighted by atomic mass is 10.2. The van der Waals surface area contributed by atoms with Crippen molar-refractivity contribution in [1.82, 2.24) is 9.78 Å². The molecular weight excluding hydrogens is 239 g/mol. The normalized spacial score (nSPS) is 10.3. The minimum atomic E-state index is -1.14. The highest BCUT2D eigenvalue weighted by atomic mass is 19.1. The van der Waals surface area contributed by atoms with Crippen molar-refractivity contribution in [1.29, 1.82) is 0 Å². The summed E-state index contributed by atoms with van der Waals surface area (Å²) < 4.78 is 19.2. The maximum atomic E-state index is 13.0. The first kappa shape index (κ1) is 12.1. The molecule has 0 saturated heterocycles. The van der Waals surface area contributed by atoms with Crippen LogP contribution >= 0.6 is 0 Å². The van der Waals surface area contributed by atoms with E-state index in [4.69, 9.17) is 9.84 Å². The summed E-state index contributed by atoms with van der Waals surface area (Å²) in [5, 5.41) is 13.0. The molecule has 0 aliphatic heterocycles. The number of benzene rings is 1. The first-order valence-electron chi connectivity index (χ1n) is 5.19. The Kier molecular flexibility index (Phi) is 3.27. The summed E-state index contributed by atoms with van der Waals surface area (Å²) in [6.07, 6.45) is 1.32. The lowest BCUT2D eigenvalue weighted by Crippen LogP contribution is -2.12. The average molecular weight is 250 g/mol. The molecule has 5 nitrogen and oxygen atoms in total. The van der Waals surface area contributed by atoms with Crippen molar-refractivity contribution in [3.05, 3.63) is 47.5 Å². The quantitative estimate of drug-likeness (QED) is 0.898. The molecule has 0 saturated carbocycles. The molecule has 1 aromatic heterocycles. The van der Waals surface area contributed by atoms with Gasteiger partial charge in [-0.05, 0) is 17.7 Å². The predicted octanol–water partition coefficient (Wildman–Crippen LogP) is 1.78. The Morgan fingerprint density at radius 2 is 2.33 bits per heavy atom. The van der Waals surface area contributed by atoms with E-state index in [0.717, 1.165) is 0 Å². The number of nitrogens with zero attached hydrogens (tertiary/aromatic N) is 2. The van der Waals surface area contributed by atoms with Crippen LogP contribution in [-0.4, -0.2) is 28.0 Å². The number of carboxylic acids is 1. The van der Waals surface area contributed by atoms with Crippen LogP contribution < -0.4 is 4.74 Å². The van der Waals surface area contributed by atoms with Crippen LogP contribution in [0.1, 0.15) is 16.1 Å². The van der Waals surface area contributed by atoms with E-state index in [1.54, 1.807) is 12.1 Å². The Balaban J connectivity index is 2.35. The number of halogens is 1. The molecule has 1 heterocycles. The van der Waals surface area contributed by atoms with Crippen molar-refractivity contribution in [2.75, 3.05) is 7.11 Å². The topological polar surface area (TPSA) is 64.4 Å². The summed E-state index contributed by atoms with van der Waals surface area (Å²) in [5.41, 5.74) is 0.574. The second kappa shape index (κ2) is 4.87. The summed E-state index contributed by atoms with van der Waals surface area (Å²) in [4.78, 5) is 11.1. The number of ether oxygens (including phenoxy) is 1. The summed E-state index contributed by atoms with van der Waals surface area (Å²) in [6, 6.07) is 5.92. The first-order valence-corrected chi connectivity index (χ1v) is 5.19. The Bertz CT molecular complexity index is 580. The highest BCUT2D eigenvalue weighted by Gasteiger charge is 2.18. The SMILES string of the molecule is COc1cnn(Cc2cccc(F)c2)c1C(=O)O. The van der Waals surface area contributed by atoms with Gasteiger partial charge in [-0.15, -0.1) is 0 Å². The Morgan fingerprint density at radius 1 is 1.56 bits per heavy atom. The van der Waals surface area contributed by atoms with Crippen LogP contribution in [0.4, 0.5) is 4.39 Å². The molecule has 0 radical (unpaired) electrons. The molecule has 94 valence electrons.